The number of carboxylic acids is 1. The largest absolute Gasteiger partial charge is 0.480 e. The Balaban J connectivity index is 3.67. The van der Waals surface area contributed by atoms with Crippen molar-refractivity contribution in [3.8, 4) is 0 Å². The van der Waals surface area contributed by atoms with E-state index in [2.05, 4.69) is 10.1 Å². The van der Waals surface area contributed by atoms with Gasteiger partial charge in [0.15, 0.2) is 0 Å². The molecule has 0 radical (unpaired) electrons. The van der Waals surface area contributed by atoms with Gasteiger partial charge >= 0.3 is 12.1 Å². The van der Waals surface area contributed by atoms with Crippen molar-refractivity contribution in [2.45, 2.75) is 25.3 Å². The van der Waals surface area contributed by atoms with Crippen molar-refractivity contribution in [3.05, 3.63) is 0 Å². The highest BCUT2D eigenvalue weighted by molar-refractivity contribution is 5.79. The van der Waals surface area contributed by atoms with E-state index in [9.17, 15) is 19.5 Å². The quantitative estimate of drug-likeness (QED) is 0.269. The fourth-order valence-electron chi connectivity index (χ4n) is 2.18. The molecule has 0 aliphatic carbocycles. The minimum absolute atomic E-state index is 0.0735. The lowest BCUT2D eigenvalue weighted by molar-refractivity contribution is -0.142. The predicted molar refractivity (Wildman–Crippen MR) is 100.0 cm³/mol. The van der Waals surface area contributed by atoms with Gasteiger partial charge in [-0.25, -0.2) is 9.59 Å². The number of carbonyl (C=O) groups excluding carboxylic acids is 2. The summed E-state index contributed by atoms with van der Waals surface area (Å²) in [4.78, 5) is 35.3. The van der Waals surface area contributed by atoms with E-state index in [1.165, 1.54) is 14.2 Å². The summed E-state index contributed by atoms with van der Waals surface area (Å²) in [6, 6.07) is -0.966. The Hall–Kier alpha value is -1.95. The average Bonchev–Trinajstić information content (AvgIpc) is 2.67. The molecule has 0 aliphatic heterocycles. The summed E-state index contributed by atoms with van der Waals surface area (Å²) in [7, 11) is 2.57. The molecule has 1 unspecified atom stereocenters. The normalized spacial score (nSPS) is 11.7. The molecule has 0 aromatic rings. The van der Waals surface area contributed by atoms with Gasteiger partial charge in [0, 0.05) is 20.1 Å². The van der Waals surface area contributed by atoms with Gasteiger partial charge < -0.3 is 35.1 Å². The molecule has 11 heteroatoms. The molecular formula is C17H33N3O8. The maximum Gasteiger partial charge on any atom is 0.409 e. The summed E-state index contributed by atoms with van der Waals surface area (Å²) >= 11 is 0. The van der Waals surface area contributed by atoms with Crippen molar-refractivity contribution >= 4 is 18.0 Å². The molecule has 0 fully saturated rings. The number of aliphatic carboxylic acids is 1. The number of nitrogens with two attached hydrogens (primary N) is 1. The van der Waals surface area contributed by atoms with E-state index in [1.54, 1.807) is 0 Å². The van der Waals surface area contributed by atoms with E-state index in [1.807, 2.05) is 0 Å². The van der Waals surface area contributed by atoms with Crippen LogP contribution in [-0.4, -0.2) is 101 Å². The second kappa shape index (κ2) is 17.2. The molecule has 28 heavy (non-hydrogen) atoms. The van der Waals surface area contributed by atoms with Gasteiger partial charge in [0.1, 0.15) is 12.6 Å². The van der Waals surface area contributed by atoms with E-state index in [4.69, 9.17) is 19.9 Å². The van der Waals surface area contributed by atoms with E-state index in [0.717, 1.165) is 4.90 Å². The highest BCUT2D eigenvalue weighted by Crippen LogP contribution is 2.09. The third-order valence-electron chi connectivity index (χ3n) is 3.68. The van der Waals surface area contributed by atoms with Crippen LogP contribution in [0.25, 0.3) is 0 Å². The van der Waals surface area contributed by atoms with Crippen molar-refractivity contribution in [1.29, 1.82) is 0 Å². The summed E-state index contributed by atoms with van der Waals surface area (Å²) < 4.78 is 20.1. The lowest BCUT2D eigenvalue weighted by Gasteiger charge is -2.23. The number of hydrogen-bond acceptors (Lipinski definition) is 8. The van der Waals surface area contributed by atoms with Crippen LogP contribution >= 0.6 is 0 Å². The summed E-state index contributed by atoms with van der Waals surface area (Å²) in [6.45, 7) is 2.87. The van der Waals surface area contributed by atoms with Crippen LogP contribution in [0, 0.1) is 0 Å². The lowest BCUT2D eigenvalue weighted by atomic mass is 10.1. The van der Waals surface area contributed by atoms with E-state index in [-0.39, 0.29) is 18.9 Å². The van der Waals surface area contributed by atoms with Crippen molar-refractivity contribution in [1.82, 2.24) is 10.2 Å². The van der Waals surface area contributed by atoms with Gasteiger partial charge in [-0.15, -0.1) is 0 Å². The van der Waals surface area contributed by atoms with Gasteiger partial charge in [-0.2, -0.15) is 0 Å². The van der Waals surface area contributed by atoms with Crippen LogP contribution in [-0.2, 0) is 28.5 Å². The molecule has 0 saturated carbocycles. The number of hydrogen-bond donors (Lipinski definition) is 3. The molecule has 0 spiro atoms. The van der Waals surface area contributed by atoms with Crippen LogP contribution in [0.1, 0.15) is 19.3 Å². The molecule has 0 aromatic heterocycles. The standard InChI is InChI=1S/C17H33N3O8/c1-20(17(24)25-2)14(16(22)23)5-3-4-7-19-15(21)13-28-12-11-27-10-9-26-8-6-18/h14H,3-13,18H2,1-2H3,(H,19,21)(H,22,23). The zero-order valence-electron chi connectivity index (χ0n) is 16.7. The molecule has 0 aromatic carbocycles. The number of methoxy groups -OCH3 is 1. The molecule has 0 aliphatic rings. The van der Waals surface area contributed by atoms with Gasteiger partial charge in [-0.1, -0.05) is 0 Å². The molecular weight excluding hydrogens is 374 g/mol. The van der Waals surface area contributed by atoms with Crippen LogP contribution in [0.2, 0.25) is 0 Å². The topological polar surface area (TPSA) is 150 Å². The third kappa shape index (κ3) is 13.3. The number of rotatable bonds is 17. The number of ether oxygens (including phenoxy) is 4. The monoisotopic (exact) mass is 407 g/mol. The molecule has 0 bridgehead atoms. The van der Waals surface area contributed by atoms with Crippen LogP contribution < -0.4 is 11.1 Å². The van der Waals surface area contributed by atoms with Crippen LogP contribution in [0.3, 0.4) is 0 Å². The Labute approximate surface area is 165 Å². The highest BCUT2D eigenvalue weighted by atomic mass is 16.5. The Morgan fingerprint density at radius 2 is 1.64 bits per heavy atom. The number of unbranched alkanes of at least 4 members (excludes halogenated alkanes) is 1. The number of carbonyl (C=O) groups is 3. The SMILES string of the molecule is COC(=O)N(C)C(CCCCNC(=O)COCCOCCOCCN)C(=O)O. The van der Waals surface area contributed by atoms with Crippen LogP contribution in [0.5, 0.6) is 0 Å². The molecule has 0 saturated heterocycles. The van der Waals surface area contributed by atoms with E-state index < -0.39 is 18.1 Å². The smallest absolute Gasteiger partial charge is 0.409 e. The predicted octanol–water partition coefficient (Wildman–Crippen LogP) is -0.567. The Morgan fingerprint density at radius 1 is 1.04 bits per heavy atom. The van der Waals surface area contributed by atoms with Gasteiger partial charge in [-0.3, -0.25) is 9.69 Å². The van der Waals surface area contributed by atoms with E-state index in [0.29, 0.717) is 59.0 Å². The Kier molecular flexibility index (Phi) is 16.0. The Bertz CT molecular complexity index is 450. The summed E-state index contributed by atoms with van der Waals surface area (Å²) in [5.74, 6) is -1.36. The zero-order valence-corrected chi connectivity index (χ0v) is 16.7. The van der Waals surface area contributed by atoms with Crippen molar-refractivity contribution in [2.24, 2.45) is 5.73 Å². The molecule has 2 amide bonds. The first-order chi connectivity index (χ1) is 13.4. The highest BCUT2D eigenvalue weighted by Gasteiger charge is 2.26. The van der Waals surface area contributed by atoms with Gasteiger partial charge in [0.25, 0.3) is 0 Å². The molecule has 11 nitrogen and oxygen atoms in total. The number of nitrogens with one attached hydrogen (secondary N) is 1. The van der Waals surface area contributed by atoms with Gasteiger partial charge in [0.2, 0.25) is 5.91 Å². The van der Waals surface area contributed by atoms with Crippen molar-refractivity contribution in [2.75, 3.05) is 66.9 Å². The molecule has 164 valence electrons. The maximum absolute atomic E-state index is 11.6. The summed E-state index contributed by atoms with van der Waals surface area (Å²) in [6.07, 6.45) is 0.667. The van der Waals surface area contributed by atoms with E-state index >= 15 is 0 Å². The van der Waals surface area contributed by atoms with Gasteiger partial charge in [-0.05, 0) is 19.3 Å². The van der Waals surface area contributed by atoms with Gasteiger partial charge in [0.05, 0.1) is 40.1 Å². The molecule has 0 rings (SSSR count). The first-order valence-corrected chi connectivity index (χ1v) is 9.17. The van der Waals surface area contributed by atoms with Crippen molar-refractivity contribution < 1.29 is 38.4 Å². The second-order valence-electron chi connectivity index (χ2n) is 5.85. The first-order valence-electron chi connectivity index (χ1n) is 9.17. The lowest BCUT2D eigenvalue weighted by Crippen LogP contribution is -2.42. The molecule has 0 heterocycles. The minimum Gasteiger partial charge on any atom is -0.480 e. The molecule has 1 atom stereocenters. The van der Waals surface area contributed by atoms with Crippen LogP contribution in [0.15, 0.2) is 0 Å². The summed E-state index contributed by atoms with van der Waals surface area (Å²) in [5, 5.41) is 11.9. The number of nitrogens with zero attached hydrogens (tertiary/aromatic N) is 1. The fraction of sp³-hybridized carbons (Fsp3) is 0.824. The number of amides is 2. The zero-order chi connectivity index (χ0) is 21.2. The first kappa shape index (κ1) is 26.1. The summed E-state index contributed by atoms with van der Waals surface area (Å²) in [5.41, 5.74) is 5.28. The Morgan fingerprint density at radius 3 is 2.21 bits per heavy atom. The fourth-order valence-corrected chi connectivity index (χ4v) is 2.18. The average molecular weight is 407 g/mol. The number of carboxylic acid groups (broad SMARTS) is 1. The minimum atomic E-state index is -1.10. The number of likely N-dealkylation sites (N-methyl/N-ethyl adjacent to an activating group) is 1. The van der Waals surface area contributed by atoms with Crippen molar-refractivity contribution in [3.63, 3.8) is 0 Å². The molecule has 4 N–H and O–H groups in total. The third-order valence-corrected chi connectivity index (χ3v) is 3.68. The maximum atomic E-state index is 11.6. The second-order valence-corrected chi connectivity index (χ2v) is 5.85. The van der Waals surface area contributed by atoms with Crippen LogP contribution in [0.4, 0.5) is 4.79 Å².